The van der Waals surface area contributed by atoms with Crippen molar-refractivity contribution in [2.75, 3.05) is 11.5 Å². The zero-order chi connectivity index (χ0) is 17.4. The molecule has 24 heavy (non-hydrogen) atoms. The summed E-state index contributed by atoms with van der Waals surface area (Å²) in [5.41, 5.74) is 7.34. The van der Waals surface area contributed by atoms with Crippen LogP contribution in [-0.4, -0.2) is 30.9 Å². The summed E-state index contributed by atoms with van der Waals surface area (Å²) in [6.07, 6.45) is 6.56. The highest BCUT2D eigenvalue weighted by atomic mass is 32.2. The van der Waals surface area contributed by atoms with Crippen molar-refractivity contribution in [2.45, 2.75) is 44.1 Å². The van der Waals surface area contributed by atoms with Crippen molar-refractivity contribution in [1.29, 1.82) is 0 Å². The van der Waals surface area contributed by atoms with Crippen LogP contribution in [0.25, 0.3) is 5.57 Å². The first-order valence-corrected chi connectivity index (χ1v) is 10.2. The van der Waals surface area contributed by atoms with Gasteiger partial charge in [0.2, 0.25) is 5.91 Å². The lowest BCUT2D eigenvalue weighted by Crippen LogP contribution is -2.37. The average molecular weight is 349 g/mol. The predicted octanol–water partition coefficient (Wildman–Crippen LogP) is 2.14. The molecule has 3 rings (SSSR count). The predicted molar refractivity (Wildman–Crippen MR) is 93.2 cm³/mol. The molecule has 0 radical (unpaired) electrons. The zero-order valence-corrected chi connectivity index (χ0v) is 14.4. The van der Waals surface area contributed by atoms with Gasteiger partial charge in [0, 0.05) is 5.56 Å². The highest BCUT2D eigenvalue weighted by Crippen LogP contribution is 2.37. The van der Waals surface area contributed by atoms with Crippen molar-refractivity contribution in [3.63, 3.8) is 0 Å². The highest BCUT2D eigenvalue weighted by Gasteiger charge is 2.37. The molecule has 1 aliphatic carbocycles. The molecule has 0 aromatic heterocycles. The molecule has 1 aromatic rings. The first kappa shape index (κ1) is 17.2. The molecule has 1 aromatic carbocycles. The fourth-order valence-corrected chi connectivity index (χ4v) is 5.06. The van der Waals surface area contributed by atoms with E-state index in [2.05, 4.69) is 6.08 Å². The monoisotopic (exact) mass is 349 g/mol. The first-order chi connectivity index (χ1) is 11.3. The van der Waals surface area contributed by atoms with Crippen LogP contribution in [0.15, 0.2) is 24.3 Å². The van der Waals surface area contributed by atoms with Gasteiger partial charge >= 0.3 is 0 Å². The van der Waals surface area contributed by atoms with Crippen LogP contribution < -0.4 is 5.73 Å². The van der Waals surface area contributed by atoms with E-state index in [1.165, 1.54) is 0 Å². The number of carbonyl (C=O) groups excluding carboxylic acids is 1. The summed E-state index contributed by atoms with van der Waals surface area (Å²) >= 11 is 0. The van der Waals surface area contributed by atoms with Gasteiger partial charge in [-0.05, 0) is 67.4 Å². The highest BCUT2D eigenvalue weighted by molar-refractivity contribution is 7.91. The van der Waals surface area contributed by atoms with Gasteiger partial charge in [-0.3, -0.25) is 4.79 Å². The van der Waals surface area contributed by atoms with Crippen LogP contribution in [0.1, 0.15) is 60.0 Å². The Morgan fingerprint density at radius 1 is 1.17 bits per heavy atom. The van der Waals surface area contributed by atoms with E-state index in [9.17, 15) is 18.3 Å². The summed E-state index contributed by atoms with van der Waals surface area (Å²) < 4.78 is 23.3. The fourth-order valence-electron chi connectivity index (χ4n) is 3.56. The standard InChI is InChI=1S/C18H23NO4S/c19-17(20)15-7-6-14(12-16(15)13-4-2-1-3-5-13)18(21)8-10-24(22,23)11-9-18/h4,6-7,12,21H,1-3,5,8-11H2,(H2,19,20). The summed E-state index contributed by atoms with van der Waals surface area (Å²) in [5, 5.41) is 10.9. The Labute approximate surface area is 142 Å². The number of amides is 1. The number of allylic oxidation sites excluding steroid dienone is 2. The van der Waals surface area contributed by atoms with E-state index >= 15 is 0 Å². The third kappa shape index (κ3) is 3.39. The molecule has 1 aliphatic heterocycles. The van der Waals surface area contributed by atoms with Gasteiger partial charge in [-0.15, -0.1) is 0 Å². The summed E-state index contributed by atoms with van der Waals surface area (Å²) in [5.74, 6) is -0.515. The molecule has 5 nitrogen and oxygen atoms in total. The Kier molecular flexibility index (Phi) is 4.53. The maximum absolute atomic E-state index is 11.8. The van der Waals surface area contributed by atoms with Crippen LogP contribution in [0, 0.1) is 0 Å². The molecule has 3 N–H and O–H groups in total. The molecule has 1 saturated heterocycles. The number of hydrogen-bond donors (Lipinski definition) is 2. The first-order valence-electron chi connectivity index (χ1n) is 8.37. The van der Waals surface area contributed by atoms with E-state index in [1.54, 1.807) is 12.1 Å². The molecule has 0 saturated carbocycles. The van der Waals surface area contributed by atoms with Gasteiger partial charge in [0.25, 0.3) is 0 Å². The molecule has 0 spiro atoms. The molecule has 0 unspecified atom stereocenters. The van der Waals surface area contributed by atoms with Crippen LogP contribution in [0.2, 0.25) is 0 Å². The lowest BCUT2D eigenvalue weighted by atomic mass is 9.83. The van der Waals surface area contributed by atoms with E-state index in [-0.39, 0.29) is 24.3 Å². The zero-order valence-electron chi connectivity index (χ0n) is 13.6. The van der Waals surface area contributed by atoms with Crippen molar-refractivity contribution in [3.8, 4) is 0 Å². The smallest absolute Gasteiger partial charge is 0.249 e. The average Bonchev–Trinajstić information content (AvgIpc) is 2.58. The van der Waals surface area contributed by atoms with Crippen molar-refractivity contribution >= 4 is 21.3 Å². The van der Waals surface area contributed by atoms with Crippen molar-refractivity contribution in [2.24, 2.45) is 5.73 Å². The number of sulfone groups is 1. The quantitative estimate of drug-likeness (QED) is 0.873. The number of nitrogens with two attached hydrogens (primary N) is 1. The third-order valence-corrected chi connectivity index (χ3v) is 6.76. The van der Waals surface area contributed by atoms with Crippen LogP contribution in [0.5, 0.6) is 0 Å². The molecule has 1 amide bonds. The molecular weight excluding hydrogens is 326 g/mol. The summed E-state index contributed by atoms with van der Waals surface area (Å²) in [6, 6.07) is 5.18. The second-order valence-electron chi connectivity index (χ2n) is 6.78. The number of primary amides is 1. The SMILES string of the molecule is NC(=O)c1ccc(C2(O)CCS(=O)(=O)CC2)cc1C1=CCCCC1. The van der Waals surface area contributed by atoms with E-state index < -0.39 is 21.3 Å². The van der Waals surface area contributed by atoms with Gasteiger partial charge in [-0.2, -0.15) is 0 Å². The molecular formula is C18H23NO4S. The second kappa shape index (κ2) is 6.33. The second-order valence-corrected chi connectivity index (χ2v) is 9.09. The Morgan fingerprint density at radius 3 is 2.46 bits per heavy atom. The van der Waals surface area contributed by atoms with Crippen molar-refractivity contribution < 1.29 is 18.3 Å². The minimum Gasteiger partial charge on any atom is -0.385 e. The van der Waals surface area contributed by atoms with Crippen LogP contribution in [-0.2, 0) is 15.4 Å². The van der Waals surface area contributed by atoms with Gasteiger partial charge in [0.1, 0.15) is 0 Å². The molecule has 1 heterocycles. The van der Waals surface area contributed by atoms with Gasteiger partial charge in [0.05, 0.1) is 17.1 Å². The topological polar surface area (TPSA) is 97.5 Å². The molecule has 0 bridgehead atoms. The third-order valence-electron chi connectivity index (χ3n) is 5.11. The maximum atomic E-state index is 11.8. The van der Waals surface area contributed by atoms with E-state index in [0.29, 0.717) is 11.1 Å². The van der Waals surface area contributed by atoms with Gasteiger partial charge < -0.3 is 10.8 Å². The lowest BCUT2D eigenvalue weighted by molar-refractivity contribution is 0.0263. The molecule has 1 fully saturated rings. The van der Waals surface area contributed by atoms with Crippen molar-refractivity contribution in [3.05, 3.63) is 41.0 Å². The molecule has 6 heteroatoms. The fraction of sp³-hybridized carbons (Fsp3) is 0.500. The van der Waals surface area contributed by atoms with E-state index in [4.69, 9.17) is 5.73 Å². The van der Waals surface area contributed by atoms with E-state index in [0.717, 1.165) is 36.8 Å². The van der Waals surface area contributed by atoms with Crippen LogP contribution >= 0.6 is 0 Å². The Bertz CT molecular complexity index is 781. The number of hydrogen-bond acceptors (Lipinski definition) is 4. The van der Waals surface area contributed by atoms with Crippen LogP contribution in [0.3, 0.4) is 0 Å². The summed E-state index contributed by atoms with van der Waals surface area (Å²) in [4.78, 5) is 11.8. The van der Waals surface area contributed by atoms with Crippen LogP contribution in [0.4, 0.5) is 0 Å². The minimum absolute atomic E-state index is 0.0148. The van der Waals surface area contributed by atoms with Gasteiger partial charge in [0.15, 0.2) is 9.84 Å². The largest absolute Gasteiger partial charge is 0.385 e. The molecule has 2 aliphatic rings. The van der Waals surface area contributed by atoms with E-state index in [1.807, 2.05) is 6.07 Å². The number of rotatable bonds is 3. The van der Waals surface area contributed by atoms with Gasteiger partial charge in [-0.1, -0.05) is 12.1 Å². The number of carbonyl (C=O) groups is 1. The normalized spacial score (nSPS) is 22.6. The Hall–Kier alpha value is -1.66. The Morgan fingerprint density at radius 2 is 1.88 bits per heavy atom. The summed E-state index contributed by atoms with van der Waals surface area (Å²) in [6.45, 7) is 0. The molecule has 0 atom stereocenters. The summed E-state index contributed by atoms with van der Waals surface area (Å²) in [7, 11) is -3.06. The number of aliphatic hydroxyl groups is 1. The number of benzene rings is 1. The minimum atomic E-state index is -3.06. The lowest BCUT2D eigenvalue weighted by Gasteiger charge is -2.33. The van der Waals surface area contributed by atoms with Crippen molar-refractivity contribution in [1.82, 2.24) is 0 Å². The van der Waals surface area contributed by atoms with Gasteiger partial charge in [-0.25, -0.2) is 8.42 Å². The maximum Gasteiger partial charge on any atom is 0.249 e. The Balaban J connectivity index is 2.01. The molecule has 130 valence electrons.